The fourth-order valence-electron chi connectivity index (χ4n) is 4.95. The Hall–Kier alpha value is -1.39. The Morgan fingerprint density at radius 2 is 1.80 bits per heavy atom. The van der Waals surface area contributed by atoms with Crippen LogP contribution < -0.4 is 5.11 Å². The fraction of sp³-hybridized carbons (Fsp3) is 0.667. The van der Waals surface area contributed by atoms with Crippen molar-refractivity contribution in [2.75, 3.05) is 20.1 Å². The predicted molar refractivity (Wildman–Crippen MR) is 96.0 cm³/mol. The van der Waals surface area contributed by atoms with Gasteiger partial charge in [-0.05, 0) is 63.7 Å². The largest absolute Gasteiger partial charge is 0.549 e. The third-order valence-corrected chi connectivity index (χ3v) is 6.52. The minimum atomic E-state index is -1.31. The second-order valence-electron chi connectivity index (χ2n) is 8.10. The Bertz CT molecular complexity index is 574. The van der Waals surface area contributed by atoms with E-state index in [-0.39, 0.29) is 0 Å². The maximum Gasteiger partial charge on any atom is 0.0796 e. The molecular formula is C21H30NO3-. The number of carboxylic acid groups (broad SMARTS) is 1. The van der Waals surface area contributed by atoms with Crippen LogP contribution in [0.5, 0.6) is 0 Å². The summed E-state index contributed by atoms with van der Waals surface area (Å²) in [5.74, 6) is -0.803. The highest BCUT2D eigenvalue weighted by Gasteiger charge is 2.53. The number of benzene rings is 1. The molecule has 1 saturated heterocycles. The Balaban J connectivity index is 2.01. The van der Waals surface area contributed by atoms with Crippen molar-refractivity contribution in [1.29, 1.82) is 0 Å². The van der Waals surface area contributed by atoms with E-state index in [0.29, 0.717) is 30.7 Å². The molecule has 25 heavy (non-hydrogen) atoms. The van der Waals surface area contributed by atoms with Crippen LogP contribution in [0.25, 0.3) is 0 Å². The summed E-state index contributed by atoms with van der Waals surface area (Å²) in [4.78, 5) is 14.9. The molecule has 138 valence electrons. The van der Waals surface area contributed by atoms with Crippen molar-refractivity contribution in [2.45, 2.75) is 62.4 Å². The van der Waals surface area contributed by atoms with Gasteiger partial charge in [-0.2, -0.15) is 0 Å². The van der Waals surface area contributed by atoms with Crippen molar-refractivity contribution in [3.05, 3.63) is 35.9 Å². The summed E-state index contributed by atoms with van der Waals surface area (Å²) in [5.41, 5.74) is -1.82. The summed E-state index contributed by atoms with van der Waals surface area (Å²) in [6.07, 6.45) is 6.35. The number of hydrogen-bond donors (Lipinski definition) is 1. The molecule has 1 unspecified atom stereocenters. The number of hydrogen-bond acceptors (Lipinski definition) is 4. The van der Waals surface area contributed by atoms with Crippen molar-refractivity contribution in [3.63, 3.8) is 0 Å². The van der Waals surface area contributed by atoms with Gasteiger partial charge >= 0.3 is 0 Å². The number of likely N-dealkylation sites (tertiary alicyclic amines) is 1. The zero-order chi connectivity index (χ0) is 17.9. The number of nitrogens with zero attached hydrogens (tertiary/aromatic N) is 1. The van der Waals surface area contributed by atoms with E-state index < -0.39 is 17.0 Å². The summed E-state index contributed by atoms with van der Waals surface area (Å²) in [6.45, 7) is 1.97. The van der Waals surface area contributed by atoms with E-state index in [2.05, 4.69) is 11.9 Å². The van der Waals surface area contributed by atoms with Crippen LogP contribution in [0.15, 0.2) is 30.3 Å². The van der Waals surface area contributed by atoms with Crippen LogP contribution in [0, 0.1) is 5.92 Å². The number of aliphatic hydroxyl groups is 1. The van der Waals surface area contributed by atoms with Gasteiger partial charge in [0.05, 0.1) is 17.0 Å². The van der Waals surface area contributed by atoms with Crippen LogP contribution in [0.1, 0.15) is 56.9 Å². The van der Waals surface area contributed by atoms with Gasteiger partial charge in [0.1, 0.15) is 0 Å². The van der Waals surface area contributed by atoms with E-state index in [9.17, 15) is 15.0 Å². The minimum Gasteiger partial charge on any atom is -0.549 e. The first-order valence-electron chi connectivity index (χ1n) is 9.66. The third-order valence-electron chi connectivity index (χ3n) is 6.52. The summed E-state index contributed by atoms with van der Waals surface area (Å²) < 4.78 is 0. The highest BCUT2D eigenvalue weighted by molar-refractivity contribution is 5.81. The molecule has 2 fully saturated rings. The van der Waals surface area contributed by atoms with Gasteiger partial charge in [-0.15, -0.1) is 0 Å². The molecule has 1 aromatic carbocycles. The van der Waals surface area contributed by atoms with E-state index in [0.717, 1.165) is 45.2 Å². The van der Waals surface area contributed by atoms with Gasteiger partial charge < -0.3 is 19.9 Å². The van der Waals surface area contributed by atoms with Crippen LogP contribution in [0.4, 0.5) is 0 Å². The monoisotopic (exact) mass is 344 g/mol. The van der Waals surface area contributed by atoms with Gasteiger partial charge in [-0.1, -0.05) is 49.6 Å². The molecule has 0 amide bonds. The SMILES string of the molecule is CN1CCC(CC(C(=O)[O-])(c2ccccc2)C2(O)CCCCC2)CC1. The maximum atomic E-state index is 12.6. The van der Waals surface area contributed by atoms with E-state index in [4.69, 9.17) is 0 Å². The van der Waals surface area contributed by atoms with Crippen molar-refractivity contribution >= 4 is 5.97 Å². The van der Waals surface area contributed by atoms with Gasteiger partial charge in [0.25, 0.3) is 0 Å². The molecule has 4 nitrogen and oxygen atoms in total. The van der Waals surface area contributed by atoms with Gasteiger partial charge in [0.15, 0.2) is 0 Å². The molecule has 0 bridgehead atoms. The molecular weight excluding hydrogens is 314 g/mol. The number of rotatable bonds is 5. The molecule has 1 aromatic rings. The zero-order valence-corrected chi connectivity index (χ0v) is 15.2. The number of piperidine rings is 1. The van der Waals surface area contributed by atoms with Crippen LogP contribution in [0.2, 0.25) is 0 Å². The molecule has 1 heterocycles. The number of carbonyl (C=O) groups excluding carboxylic acids is 1. The molecule has 4 heteroatoms. The Kier molecular flexibility index (Phi) is 5.49. The Labute approximate surface area is 150 Å². The molecule has 2 aliphatic rings. The molecule has 1 saturated carbocycles. The first kappa shape index (κ1) is 18.4. The van der Waals surface area contributed by atoms with Crippen molar-refractivity contribution < 1.29 is 15.0 Å². The van der Waals surface area contributed by atoms with E-state index in [1.54, 1.807) is 0 Å². The lowest BCUT2D eigenvalue weighted by atomic mass is 9.58. The zero-order valence-electron chi connectivity index (χ0n) is 15.2. The van der Waals surface area contributed by atoms with E-state index >= 15 is 0 Å². The highest BCUT2D eigenvalue weighted by atomic mass is 16.4. The summed E-state index contributed by atoms with van der Waals surface area (Å²) in [6, 6.07) is 9.35. The molecule has 1 aliphatic heterocycles. The quantitative estimate of drug-likeness (QED) is 0.888. The fourth-order valence-corrected chi connectivity index (χ4v) is 4.95. The molecule has 1 atom stereocenters. The summed E-state index contributed by atoms with van der Waals surface area (Å²) in [5, 5.41) is 24.1. The number of carbonyl (C=O) groups is 1. The second-order valence-corrected chi connectivity index (χ2v) is 8.10. The van der Waals surface area contributed by atoms with Crippen LogP contribution >= 0.6 is 0 Å². The Morgan fingerprint density at radius 1 is 1.20 bits per heavy atom. The lowest BCUT2D eigenvalue weighted by Gasteiger charge is -2.52. The number of aliphatic carboxylic acids is 1. The smallest absolute Gasteiger partial charge is 0.0796 e. The lowest BCUT2D eigenvalue weighted by Crippen LogP contribution is -2.63. The van der Waals surface area contributed by atoms with Crippen LogP contribution in [-0.4, -0.2) is 41.7 Å². The molecule has 0 spiro atoms. The van der Waals surface area contributed by atoms with Crippen molar-refractivity contribution in [2.24, 2.45) is 5.92 Å². The molecule has 0 aromatic heterocycles. The van der Waals surface area contributed by atoms with Crippen molar-refractivity contribution in [3.8, 4) is 0 Å². The molecule has 1 N–H and O–H groups in total. The van der Waals surface area contributed by atoms with E-state index in [1.165, 1.54) is 0 Å². The minimum absolute atomic E-state index is 0.306. The van der Waals surface area contributed by atoms with Crippen molar-refractivity contribution in [1.82, 2.24) is 4.90 Å². The number of carboxylic acids is 1. The van der Waals surface area contributed by atoms with E-state index in [1.807, 2.05) is 30.3 Å². The standard InChI is InChI=1S/C21H31NO3/c1-22-14-10-17(11-15-22)16-21(19(23)24,18-8-4-2-5-9-18)20(25)12-6-3-7-13-20/h2,4-5,8-9,17,25H,3,6-7,10-16H2,1H3,(H,23,24)/p-1. The van der Waals surface area contributed by atoms with Gasteiger partial charge in [0.2, 0.25) is 0 Å². The predicted octanol–water partition coefficient (Wildman–Crippen LogP) is 2.10. The summed E-state index contributed by atoms with van der Waals surface area (Å²) >= 11 is 0. The third kappa shape index (κ3) is 3.47. The highest BCUT2D eigenvalue weighted by Crippen LogP contribution is 2.49. The average molecular weight is 344 g/mol. The maximum absolute atomic E-state index is 12.6. The summed E-state index contributed by atoms with van der Waals surface area (Å²) in [7, 11) is 2.11. The second kappa shape index (κ2) is 7.46. The molecule has 1 aliphatic carbocycles. The topological polar surface area (TPSA) is 63.6 Å². The first-order chi connectivity index (χ1) is 12.0. The van der Waals surface area contributed by atoms with Gasteiger partial charge in [0, 0.05) is 0 Å². The Morgan fingerprint density at radius 3 is 2.36 bits per heavy atom. The lowest BCUT2D eigenvalue weighted by molar-refractivity contribution is -0.323. The van der Waals surface area contributed by atoms with Gasteiger partial charge in [-0.3, -0.25) is 0 Å². The normalized spacial score (nSPS) is 24.6. The molecule has 0 radical (unpaired) electrons. The first-order valence-corrected chi connectivity index (χ1v) is 9.66. The molecule has 3 rings (SSSR count). The van der Waals surface area contributed by atoms with Crippen LogP contribution in [-0.2, 0) is 10.2 Å². The van der Waals surface area contributed by atoms with Crippen LogP contribution in [0.3, 0.4) is 0 Å². The van der Waals surface area contributed by atoms with Gasteiger partial charge in [-0.25, -0.2) is 0 Å². The average Bonchev–Trinajstić information content (AvgIpc) is 2.62.